The van der Waals surface area contributed by atoms with Gasteiger partial charge < -0.3 is 14.8 Å². The van der Waals surface area contributed by atoms with E-state index in [1.165, 1.54) is 0 Å². The van der Waals surface area contributed by atoms with E-state index in [-0.39, 0.29) is 6.10 Å². The van der Waals surface area contributed by atoms with Gasteiger partial charge in [0.15, 0.2) is 0 Å². The van der Waals surface area contributed by atoms with Gasteiger partial charge in [0.25, 0.3) is 0 Å². The molecule has 1 aromatic heterocycles. The second kappa shape index (κ2) is 5.51. The van der Waals surface area contributed by atoms with Crippen molar-refractivity contribution in [3.05, 3.63) is 11.3 Å². The molecule has 1 fully saturated rings. The van der Waals surface area contributed by atoms with E-state index in [9.17, 15) is 0 Å². The fourth-order valence-corrected chi connectivity index (χ4v) is 2.19. The van der Waals surface area contributed by atoms with E-state index < -0.39 is 0 Å². The second-order valence-corrected chi connectivity index (χ2v) is 4.47. The van der Waals surface area contributed by atoms with Crippen LogP contribution in [0.2, 0.25) is 0 Å². The standard InChI is InChI=1S/C12H21N3O2/c1-9-11(7-13-2)12(15(3)14-9)17-8-10-5-4-6-16-10/h10,13H,4-8H2,1-3H3. The Morgan fingerprint density at radius 3 is 3.06 bits per heavy atom. The largest absolute Gasteiger partial charge is 0.475 e. The third-order valence-corrected chi connectivity index (χ3v) is 3.07. The molecule has 1 unspecified atom stereocenters. The van der Waals surface area contributed by atoms with Crippen molar-refractivity contribution in [1.29, 1.82) is 0 Å². The Hall–Kier alpha value is -1.07. The highest BCUT2D eigenvalue weighted by Gasteiger charge is 2.19. The van der Waals surface area contributed by atoms with E-state index in [0.29, 0.717) is 6.61 Å². The predicted octanol–water partition coefficient (Wildman–Crippen LogP) is 1.01. The Bertz CT molecular complexity index is 370. The quantitative estimate of drug-likeness (QED) is 0.833. The summed E-state index contributed by atoms with van der Waals surface area (Å²) >= 11 is 0. The van der Waals surface area contributed by atoms with Crippen LogP contribution in [0.4, 0.5) is 0 Å². The van der Waals surface area contributed by atoms with E-state index >= 15 is 0 Å². The lowest BCUT2D eigenvalue weighted by Gasteiger charge is -2.13. The molecule has 0 spiro atoms. The SMILES string of the molecule is CNCc1c(C)nn(C)c1OCC1CCCO1. The highest BCUT2D eigenvalue weighted by molar-refractivity contribution is 5.30. The van der Waals surface area contributed by atoms with Crippen molar-refractivity contribution in [3.8, 4) is 5.88 Å². The van der Waals surface area contributed by atoms with E-state index in [1.807, 2.05) is 21.0 Å². The van der Waals surface area contributed by atoms with Gasteiger partial charge >= 0.3 is 0 Å². The number of rotatable bonds is 5. The van der Waals surface area contributed by atoms with Crippen LogP contribution in [-0.4, -0.2) is 36.1 Å². The van der Waals surface area contributed by atoms with Gasteiger partial charge in [0.05, 0.1) is 17.4 Å². The summed E-state index contributed by atoms with van der Waals surface area (Å²) in [6, 6.07) is 0. The van der Waals surface area contributed by atoms with E-state index in [0.717, 1.165) is 43.1 Å². The van der Waals surface area contributed by atoms with Crippen LogP contribution in [-0.2, 0) is 18.3 Å². The molecule has 96 valence electrons. The van der Waals surface area contributed by atoms with Gasteiger partial charge in [-0.05, 0) is 26.8 Å². The van der Waals surface area contributed by atoms with Gasteiger partial charge in [-0.25, -0.2) is 4.68 Å². The molecule has 1 saturated heterocycles. The van der Waals surface area contributed by atoms with Gasteiger partial charge in [-0.2, -0.15) is 5.10 Å². The number of nitrogens with one attached hydrogen (secondary N) is 1. The topological polar surface area (TPSA) is 48.3 Å². The Morgan fingerprint density at radius 2 is 2.41 bits per heavy atom. The van der Waals surface area contributed by atoms with Crippen molar-refractivity contribution < 1.29 is 9.47 Å². The van der Waals surface area contributed by atoms with Crippen LogP contribution in [0.5, 0.6) is 5.88 Å². The number of ether oxygens (including phenoxy) is 2. The van der Waals surface area contributed by atoms with Crippen molar-refractivity contribution in [2.45, 2.75) is 32.4 Å². The molecule has 2 heterocycles. The molecular formula is C12H21N3O2. The van der Waals surface area contributed by atoms with E-state index in [2.05, 4.69) is 10.4 Å². The maximum atomic E-state index is 5.86. The van der Waals surface area contributed by atoms with Gasteiger partial charge in [0.2, 0.25) is 5.88 Å². The van der Waals surface area contributed by atoms with Gasteiger partial charge in [-0.1, -0.05) is 0 Å². The number of nitrogens with zero attached hydrogens (tertiary/aromatic N) is 2. The monoisotopic (exact) mass is 239 g/mol. The van der Waals surface area contributed by atoms with Crippen LogP contribution in [0.15, 0.2) is 0 Å². The van der Waals surface area contributed by atoms with Crippen molar-refractivity contribution in [2.24, 2.45) is 7.05 Å². The average Bonchev–Trinajstić information content (AvgIpc) is 2.88. The molecule has 0 radical (unpaired) electrons. The minimum absolute atomic E-state index is 0.243. The minimum atomic E-state index is 0.243. The summed E-state index contributed by atoms with van der Waals surface area (Å²) < 4.78 is 13.2. The Balaban J connectivity index is 2.02. The molecular weight excluding hydrogens is 218 g/mol. The maximum absolute atomic E-state index is 5.86. The lowest BCUT2D eigenvalue weighted by molar-refractivity contribution is 0.0644. The second-order valence-electron chi connectivity index (χ2n) is 4.47. The maximum Gasteiger partial charge on any atom is 0.216 e. The lowest BCUT2D eigenvalue weighted by atomic mass is 10.2. The molecule has 0 aliphatic carbocycles. The van der Waals surface area contributed by atoms with Crippen LogP contribution >= 0.6 is 0 Å². The zero-order chi connectivity index (χ0) is 12.3. The van der Waals surface area contributed by atoms with Crippen LogP contribution in [0.1, 0.15) is 24.1 Å². The van der Waals surface area contributed by atoms with Gasteiger partial charge in [-0.3, -0.25) is 0 Å². The van der Waals surface area contributed by atoms with Crippen LogP contribution < -0.4 is 10.1 Å². The molecule has 2 rings (SSSR count). The first-order valence-corrected chi connectivity index (χ1v) is 6.14. The van der Waals surface area contributed by atoms with Crippen LogP contribution in [0.25, 0.3) is 0 Å². The molecule has 1 aliphatic heterocycles. The van der Waals surface area contributed by atoms with Crippen molar-refractivity contribution >= 4 is 0 Å². The number of aryl methyl sites for hydroxylation is 2. The smallest absolute Gasteiger partial charge is 0.216 e. The number of hydrogen-bond acceptors (Lipinski definition) is 4. The molecule has 0 saturated carbocycles. The molecule has 0 amide bonds. The number of aromatic nitrogens is 2. The highest BCUT2D eigenvalue weighted by Crippen LogP contribution is 2.22. The fraction of sp³-hybridized carbons (Fsp3) is 0.750. The normalized spacial score (nSPS) is 19.8. The summed E-state index contributed by atoms with van der Waals surface area (Å²) in [5, 5.41) is 7.53. The third-order valence-electron chi connectivity index (χ3n) is 3.07. The van der Waals surface area contributed by atoms with Gasteiger partial charge in [-0.15, -0.1) is 0 Å². The van der Waals surface area contributed by atoms with Crippen LogP contribution in [0.3, 0.4) is 0 Å². The molecule has 0 bridgehead atoms. The Kier molecular flexibility index (Phi) is 4.02. The first-order chi connectivity index (χ1) is 8.22. The van der Waals surface area contributed by atoms with Crippen molar-refractivity contribution in [2.75, 3.05) is 20.3 Å². The summed E-state index contributed by atoms with van der Waals surface area (Å²) in [4.78, 5) is 0. The summed E-state index contributed by atoms with van der Waals surface area (Å²) in [6.07, 6.45) is 2.48. The fourth-order valence-electron chi connectivity index (χ4n) is 2.19. The van der Waals surface area contributed by atoms with Gasteiger partial charge in [0.1, 0.15) is 6.61 Å². The van der Waals surface area contributed by atoms with Gasteiger partial charge in [0, 0.05) is 20.2 Å². The molecule has 1 atom stereocenters. The van der Waals surface area contributed by atoms with Crippen LogP contribution in [0, 0.1) is 6.92 Å². The summed E-state index contributed by atoms with van der Waals surface area (Å²) in [7, 11) is 3.84. The van der Waals surface area contributed by atoms with E-state index in [4.69, 9.17) is 9.47 Å². The molecule has 1 aliphatic rings. The summed E-state index contributed by atoms with van der Waals surface area (Å²) in [5.74, 6) is 0.854. The predicted molar refractivity (Wildman–Crippen MR) is 65.2 cm³/mol. The molecule has 0 aromatic carbocycles. The first-order valence-electron chi connectivity index (χ1n) is 6.14. The molecule has 5 heteroatoms. The zero-order valence-electron chi connectivity index (χ0n) is 10.8. The summed E-state index contributed by atoms with van der Waals surface area (Å²) in [5.41, 5.74) is 2.15. The Morgan fingerprint density at radius 1 is 1.59 bits per heavy atom. The Labute approximate surface area is 102 Å². The first kappa shape index (κ1) is 12.4. The summed E-state index contributed by atoms with van der Waals surface area (Å²) in [6.45, 7) is 4.27. The number of hydrogen-bond donors (Lipinski definition) is 1. The molecule has 1 aromatic rings. The minimum Gasteiger partial charge on any atom is -0.475 e. The third kappa shape index (κ3) is 2.79. The highest BCUT2D eigenvalue weighted by atomic mass is 16.5. The molecule has 5 nitrogen and oxygen atoms in total. The zero-order valence-corrected chi connectivity index (χ0v) is 10.8. The van der Waals surface area contributed by atoms with Crippen molar-refractivity contribution in [1.82, 2.24) is 15.1 Å². The molecule has 17 heavy (non-hydrogen) atoms. The lowest BCUT2D eigenvalue weighted by Crippen LogP contribution is -2.18. The van der Waals surface area contributed by atoms with Crippen molar-refractivity contribution in [3.63, 3.8) is 0 Å². The molecule has 1 N–H and O–H groups in total. The van der Waals surface area contributed by atoms with E-state index in [1.54, 1.807) is 4.68 Å². The average molecular weight is 239 g/mol.